The van der Waals surface area contributed by atoms with Gasteiger partial charge in [-0.15, -0.1) is 0 Å². The fraction of sp³-hybridized carbons (Fsp3) is 0.923. The summed E-state index contributed by atoms with van der Waals surface area (Å²) in [5.41, 5.74) is 0. The maximum absolute atomic E-state index is 11.3. The smallest absolute Gasteiger partial charge is 0.314 e. The van der Waals surface area contributed by atoms with Gasteiger partial charge in [-0.3, -0.25) is 0 Å². The number of hydrogen-bond donors (Lipinski definition) is 2. The van der Waals surface area contributed by atoms with Crippen LogP contribution in [0.5, 0.6) is 0 Å². The fourth-order valence-corrected chi connectivity index (χ4v) is 2.06. The Morgan fingerprint density at radius 2 is 1.88 bits per heavy atom. The lowest BCUT2D eigenvalue weighted by atomic mass is 9.98. The molecular weight excluding hydrogens is 216 g/mol. The van der Waals surface area contributed by atoms with E-state index in [0.717, 1.165) is 19.4 Å². The zero-order chi connectivity index (χ0) is 12.3. The number of carbonyl (C=O) groups is 1. The molecule has 1 aliphatic rings. The molecule has 4 nitrogen and oxygen atoms in total. The first-order valence-corrected chi connectivity index (χ1v) is 6.96. The number of carbonyl (C=O) groups excluding carboxylic acids is 1. The van der Waals surface area contributed by atoms with Crippen LogP contribution in [0.3, 0.4) is 0 Å². The summed E-state index contributed by atoms with van der Waals surface area (Å²) in [5.74, 6) is 0. The third-order valence-electron chi connectivity index (χ3n) is 3.11. The molecule has 2 N–H and O–H groups in total. The van der Waals surface area contributed by atoms with E-state index in [1.165, 1.54) is 32.1 Å². The molecule has 0 aliphatic heterocycles. The lowest BCUT2D eigenvalue weighted by molar-refractivity contribution is 0.0311. The number of nitrogens with one attached hydrogen (secondary N) is 2. The lowest BCUT2D eigenvalue weighted by Crippen LogP contribution is -2.38. The van der Waals surface area contributed by atoms with Gasteiger partial charge in [0.1, 0.15) is 0 Å². The van der Waals surface area contributed by atoms with Crippen molar-refractivity contribution in [3.8, 4) is 0 Å². The number of amides is 2. The summed E-state index contributed by atoms with van der Waals surface area (Å²) in [6.07, 6.45) is 8.85. The summed E-state index contributed by atoms with van der Waals surface area (Å²) < 4.78 is 5.72. The molecule has 1 aliphatic carbocycles. The average Bonchev–Trinajstić information content (AvgIpc) is 2.36. The first-order valence-electron chi connectivity index (χ1n) is 6.96. The van der Waals surface area contributed by atoms with Crippen LogP contribution in [0.4, 0.5) is 4.79 Å². The van der Waals surface area contributed by atoms with Gasteiger partial charge in [0.05, 0.1) is 12.7 Å². The molecule has 0 aromatic rings. The molecule has 0 heterocycles. The number of rotatable bonds is 7. The molecule has 0 bridgehead atoms. The highest BCUT2D eigenvalue weighted by molar-refractivity contribution is 5.73. The van der Waals surface area contributed by atoms with Crippen LogP contribution in [0.2, 0.25) is 0 Å². The van der Waals surface area contributed by atoms with Crippen LogP contribution in [-0.2, 0) is 4.74 Å². The van der Waals surface area contributed by atoms with Gasteiger partial charge < -0.3 is 15.4 Å². The Morgan fingerprint density at radius 1 is 1.18 bits per heavy atom. The van der Waals surface area contributed by atoms with Crippen molar-refractivity contribution in [3.05, 3.63) is 0 Å². The highest BCUT2D eigenvalue weighted by Crippen LogP contribution is 2.19. The third-order valence-corrected chi connectivity index (χ3v) is 3.11. The van der Waals surface area contributed by atoms with E-state index >= 15 is 0 Å². The molecule has 0 saturated heterocycles. The van der Waals surface area contributed by atoms with Gasteiger partial charge in [0.25, 0.3) is 0 Å². The number of unbranched alkanes of at least 4 members (excludes halogenated alkanes) is 1. The van der Waals surface area contributed by atoms with Crippen molar-refractivity contribution in [1.29, 1.82) is 0 Å². The minimum atomic E-state index is -0.0781. The monoisotopic (exact) mass is 242 g/mol. The second kappa shape index (κ2) is 9.28. The predicted octanol–water partition coefficient (Wildman–Crippen LogP) is 2.43. The van der Waals surface area contributed by atoms with E-state index < -0.39 is 0 Å². The second-order valence-electron chi connectivity index (χ2n) is 4.67. The van der Waals surface area contributed by atoms with Crippen LogP contribution in [0.25, 0.3) is 0 Å². The quantitative estimate of drug-likeness (QED) is 0.674. The summed E-state index contributed by atoms with van der Waals surface area (Å²) in [6, 6.07) is -0.0781. The summed E-state index contributed by atoms with van der Waals surface area (Å²) in [5, 5.41) is 5.62. The maximum Gasteiger partial charge on any atom is 0.314 e. The van der Waals surface area contributed by atoms with Crippen molar-refractivity contribution >= 4 is 6.03 Å². The highest BCUT2D eigenvalue weighted by atomic mass is 16.5. The molecule has 0 aromatic carbocycles. The van der Waals surface area contributed by atoms with Gasteiger partial charge >= 0.3 is 6.03 Å². The Hall–Kier alpha value is -0.770. The van der Waals surface area contributed by atoms with Crippen molar-refractivity contribution in [2.24, 2.45) is 0 Å². The van der Waals surface area contributed by atoms with Crippen LogP contribution in [0, 0.1) is 0 Å². The van der Waals surface area contributed by atoms with Gasteiger partial charge in [0, 0.05) is 13.1 Å². The number of urea groups is 1. The van der Waals surface area contributed by atoms with E-state index in [1.807, 2.05) is 0 Å². The van der Waals surface area contributed by atoms with Crippen molar-refractivity contribution in [1.82, 2.24) is 10.6 Å². The Bertz CT molecular complexity index is 204. The van der Waals surface area contributed by atoms with E-state index in [-0.39, 0.29) is 6.03 Å². The summed E-state index contributed by atoms with van der Waals surface area (Å²) in [6.45, 7) is 4.10. The van der Waals surface area contributed by atoms with E-state index in [2.05, 4.69) is 17.6 Å². The zero-order valence-electron chi connectivity index (χ0n) is 11.0. The standard InChI is InChI=1S/C13H26N2O2/c1-2-3-9-14-13(16)15-10-11-17-12-7-5-4-6-8-12/h12H,2-11H2,1H3,(H2,14,15,16). The zero-order valence-corrected chi connectivity index (χ0v) is 11.0. The van der Waals surface area contributed by atoms with Gasteiger partial charge in [-0.25, -0.2) is 4.79 Å². The van der Waals surface area contributed by atoms with Gasteiger partial charge in [-0.2, -0.15) is 0 Å². The summed E-state index contributed by atoms with van der Waals surface area (Å²) in [4.78, 5) is 11.3. The van der Waals surface area contributed by atoms with Gasteiger partial charge in [0.2, 0.25) is 0 Å². The Kier molecular flexibility index (Phi) is 7.80. The summed E-state index contributed by atoms with van der Waals surface area (Å²) in [7, 11) is 0. The Labute approximate surface area is 104 Å². The van der Waals surface area contributed by atoms with Gasteiger partial charge in [-0.1, -0.05) is 32.6 Å². The topological polar surface area (TPSA) is 50.4 Å². The van der Waals surface area contributed by atoms with Crippen LogP contribution in [0.1, 0.15) is 51.9 Å². The number of ether oxygens (including phenoxy) is 1. The minimum absolute atomic E-state index is 0.0781. The molecule has 0 unspecified atom stereocenters. The van der Waals surface area contributed by atoms with Crippen molar-refractivity contribution in [2.45, 2.75) is 58.0 Å². The molecule has 0 aromatic heterocycles. The highest BCUT2D eigenvalue weighted by Gasteiger charge is 2.13. The fourth-order valence-electron chi connectivity index (χ4n) is 2.06. The second-order valence-corrected chi connectivity index (χ2v) is 4.67. The average molecular weight is 242 g/mol. The first-order chi connectivity index (χ1) is 8.33. The molecule has 1 rings (SSSR count). The summed E-state index contributed by atoms with van der Waals surface area (Å²) >= 11 is 0. The Morgan fingerprint density at radius 3 is 2.59 bits per heavy atom. The van der Waals surface area contributed by atoms with Gasteiger partial charge in [-0.05, 0) is 19.3 Å². The van der Waals surface area contributed by atoms with Crippen LogP contribution >= 0.6 is 0 Å². The third kappa shape index (κ3) is 7.21. The Balaban J connectivity index is 1.90. The maximum atomic E-state index is 11.3. The molecule has 1 saturated carbocycles. The molecule has 0 radical (unpaired) electrons. The SMILES string of the molecule is CCCCNC(=O)NCCOC1CCCCC1. The molecular formula is C13H26N2O2. The van der Waals surface area contributed by atoms with Crippen LogP contribution in [0.15, 0.2) is 0 Å². The predicted molar refractivity (Wildman–Crippen MR) is 69.1 cm³/mol. The van der Waals surface area contributed by atoms with Gasteiger partial charge in [0.15, 0.2) is 0 Å². The van der Waals surface area contributed by atoms with Crippen molar-refractivity contribution in [3.63, 3.8) is 0 Å². The van der Waals surface area contributed by atoms with Crippen LogP contribution < -0.4 is 10.6 Å². The molecule has 0 spiro atoms. The molecule has 1 fully saturated rings. The largest absolute Gasteiger partial charge is 0.376 e. The molecule has 17 heavy (non-hydrogen) atoms. The van der Waals surface area contributed by atoms with E-state index in [1.54, 1.807) is 0 Å². The molecule has 4 heteroatoms. The molecule has 0 atom stereocenters. The van der Waals surface area contributed by atoms with Crippen LogP contribution in [-0.4, -0.2) is 31.8 Å². The van der Waals surface area contributed by atoms with E-state index in [9.17, 15) is 4.79 Å². The van der Waals surface area contributed by atoms with E-state index in [4.69, 9.17) is 4.74 Å². The molecule has 100 valence electrons. The molecule has 2 amide bonds. The number of hydrogen-bond acceptors (Lipinski definition) is 2. The minimum Gasteiger partial charge on any atom is -0.376 e. The lowest BCUT2D eigenvalue weighted by Gasteiger charge is -2.22. The van der Waals surface area contributed by atoms with Crippen molar-refractivity contribution in [2.75, 3.05) is 19.7 Å². The van der Waals surface area contributed by atoms with E-state index in [0.29, 0.717) is 19.3 Å². The van der Waals surface area contributed by atoms with Crippen molar-refractivity contribution < 1.29 is 9.53 Å². The normalized spacial score (nSPS) is 16.8. The first kappa shape index (κ1) is 14.3.